The first kappa shape index (κ1) is 22.4. The van der Waals surface area contributed by atoms with Crippen LogP contribution in [0, 0.1) is 0 Å². The number of hydrogen-bond acceptors (Lipinski definition) is 5. The van der Waals surface area contributed by atoms with E-state index in [1.54, 1.807) is 24.3 Å². The summed E-state index contributed by atoms with van der Waals surface area (Å²) in [5.41, 5.74) is -0.283. The largest absolute Gasteiger partial charge is 0.508 e. The number of hydrogen-bond donors (Lipinski definition) is 1. The smallest absolute Gasteiger partial charge is 0.435 e. The van der Waals surface area contributed by atoms with Gasteiger partial charge in [-0.05, 0) is 48.0 Å². The molecule has 0 unspecified atom stereocenters. The predicted octanol–water partition coefficient (Wildman–Crippen LogP) is 6.05. The topological polar surface area (TPSA) is 72.2 Å². The van der Waals surface area contributed by atoms with Gasteiger partial charge in [-0.2, -0.15) is 18.3 Å². The van der Waals surface area contributed by atoms with Crippen molar-refractivity contribution in [3.63, 3.8) is 0 Å². The molecule has 0 radical (unpaired) electrons. The molecule has 2 aromatic carbocycles. The lowest BCUT2D eigenvalue weighted by Gasteiger charge is -2.09. The summed E-state index contributed by atoms with van der Waals surface area (Å²) < 4.78 is 65.0. The van der Waals surface area contributed by atoms with E-state index in [-0.39, 0.29) is 27.0 Å². The quantitative estimate of drug-likeness (QED) is 0.372. The Morgan fingerprint density at radius 2 is 1.75 bits per heavy atom. The van der Waals surface area contributed by atoms with Crippen molar-refractivity contribution >= 4 is 32.8 Å². The van der Waals surface area contributed by atoms with Gasteiger partial charge in [-0.3, -0.25) is 0 Å². The highest BCUT2D eigenvalue weighted by Crippen LogP contribution is 2.40. The van der Waals surface area contributed by atoms with Gasteiger partial charge >= 0.3 is 6.18 Å². The molecule has 5 nitrogen and oxygen atoms in total. The van der Waals surface area contributed by atoms with E-state index < -0.39 is 21.7 Å². The zero-order chi connectivity index (χ0) is 23.3. The lowest BCUT2D eigenvalue weighted by molar-refractivity contribution is -0.141. The number of aromatic hydroxyl groups is 1. The number of phenolic OH excluding ortho intramolecular Hbond substituents is 1. The SMILES string of the molecule is CS(=O)(=O)c1cccc(-c2ccc(-c3cc(C(F)(F)F)nn3-c3cc(O)ccc3Cl)s2)c1. The molecule has 0 aliphatic rings. The monoisotopic (exact) mass is 498 g/mol. The second-order valence-electron chi connectivity index (χ2n) is 6.92. The number of phenols is 1. The van der Waals surface area contributed by atoms with Gasteiger partial charge in [0, 0.05) is 17.2 Å². The maximum Gasteiger partial charge on any atom is 0.435 e. The van der Waals surface area contributed by atoms with Crippen LogP contribution >= 0.6 is 22.9 Å². The second kappa shape index (κ2) is 7.95. The second-order valence-corrected chi connectivity index (χ2v) is 10.4. The number of aromatic nitrogens is 2. The first-order valence-corrected chi connectivity index (χ1v) is 12.1. The van der Waals surface area contributed by atoms with Crippen LogP contribution in [0.1, 0.15) is 5.69 Å². The van der Waals surface area contributed by atoms with Gasteiger partial charge in [0.2, 0.25) is 0 Å². The number of halogens is 4. The van der Waals surface area contributed by atoms with Crippen LogP contribution < -0.4 is 0 Å². The third kappa shape index (κ3) is 4.38. The molecule has 0 fully saturated rings. The van der Waals surface area contributed by atoms with E-state index in [1.165, 1.54) is 41.7 Å². The summed E-state index contributed by atoms with van der Waals surface area (Å²) in [4.78, 5) is 1.25. The highest BCUT2D eigenvalue weighted by molar-refractivity contribution is 7.90. The number of alkyl halides is 3. The molecule has 166 valence electrons. The van der Waals surface area contributed by atoms with Crippen LogP contribution in [0.25, 0.3) is 26.7 Å². The molecule has 0 saturated carbocycles. The summed E-state index contributed by atoms with van der Waals surface area (Å²) >= 11 is 7.34. The molecular formula is C21H14ClF3N2O3S2. The Morgan fingerprint density at radius 3 is 2.44 bits per heavy atom. The Morgan fingerprint density at radius 1 is 1.03 bits per heavy atom. The Kier molecular flexibility index (Phi) is 5.56. The van der Waals surface area contributed by atoms with E-state index in [0.29, 0.717) is 15.3 Å². The van der Waals surface area contributed by atoms with Gasteiger partial charge in [0.05, 0.1) is 26.2 Å². The van der Waals surface area contributed by atoms with Gasteiger partial charge in [0.15, 0.2) is 15.5 Å². The van der Waals surface area contributed by atoms with Crippen molar-refractivity contribution in [2.75, 3.05) is 6.26 Å². The molecule has 2 heterocycles. The van der Waals surface area contributed by atoms with Crippen LogP contribution in [-0.4, -0.2) is 29.6 Å². The zero-order valence-corrected chi connectivity index (χ0v) is 18.6. The fourth-order valence-corrected chi connectivity index (χ4v) is 4.92. The van der Waals surface area contributed by atoms with Crippen molar-refractivity contribution in [3.8, 4) is 32.4 Å². The lowest BCUT2D eigenvalue weighted by Crippen LogP contribution is -2.07. The van der Waals surface area contributed by atoms with Gasteiger partial charge in [-0.1, -0.05) is 23.7 Å². The maximum absolute atomic E-state index is 13.4. The van der Waals surface area contributed by atoms with Gasteiger partial charge in [-0.25, -0.2) is 13.1 Å². The fourth-order valence-electron chi connectivity index (χ4n) is 3.05. The van der Waals surface area contributed by atoms with Crippen LogP contribution in [0.4, 0.5) is 13.2 Å². The van der Waals surface area contributed by atoms with Gasteiger partial charge in [0.1, 0.15) is 5.75 Å². The van der Waals surface area contributed by atoms with Gasteiger partial charge in [-0.15, -0.1) is 11.3 Å². The molecule has 0 saturated heterocycles. The van der Waals surface area contributed by atoms with Crippen molar-refractivity contribution in [3.05, 3.63) is 71.4 Å². The Hall–Kier alpha value is -2.82. The minimum Gasteiger partial charge on any atom is -0.508 e. The summed E-state index contributed by atoms with van der Waals surface area (Å²) in [5.74, 6) is -0.177. The van der Waals surface area contributed by atoms with E-state index in [4.69, 9.17) is 11.6 Å². The standard InChI is InChI=1S/C21H14ClF3N2O3S2/c1-32(29,30)14-4-2-3-12(9-14)18-7-8-19(31-18)17-11-20(21(23,24)25)26-27(17)16-10-13(28)5-6-15(16)22/h2-11,28H,1H3. The first-order chi connectivity index (χ1) is 14.9. The number of nitrogens with zero attached hydrogens (tertiary/aromatic N) is 2. The van der Waals surface area contributed by atoms with Crippen LogP contribution in [0.2, 0.25) is 5.02 Å². The number of thiophene rings is 1. The van der Waals surface area contributed by atoms with Crippen LogP contribution in [0.15, 0.2) is 65.6 Å². The molecule has 4 rings (SSSR count). The molecule has 2 aromatic heterocycles. The summed E-state index contributed by atoms with van der Waals surface area (Å²) in [7, 11) is -3.42. The predicted molar refractivity (Wildman–Crippen MR) is 117 cm³/mol. The average molecular weight is 499 g/mol. The van der Waals surface area contributed by atoms with Crippen molar-refractivity contribution in [1.29, 1.82) is 0 Å². The summed E-state index contributed by atoms with van der Waals surface area (Å²) in [6.45, 7) is 0. The summed E-state index contributed by atoms with van der Waals surface area (Å²) in [6, 6.07) is 14.4. The Labute approximate surface area is 190 Å². The Bertz CT molecular complexity index is 1430. The van der Waals surface area contributed by atoms with Crippen molar-refractivity contribution < 1.29 is 26.7 Å². The summed E-state index contributed by atoms with van der Waals surface area (Å²) in [6.07, 6.45) is -3.59. The minimum atomic E-state index is -4.69. The maximum atomic E-state index is 13.4. The van der Waals surface area contributed by atoms with E-state index in [1.807, 2.05) is 0 Å². The third-order valence-electron chi connectivity index (χ3n) is 4.56. The number of rotatable bonds is 4. The van der Waals surface area contributed by atoms with E-state index in [9.17, 15) is 26.7 Å². The van der Waals surface area contributed by atoms with E-state index in [0.717, 1.165) is 17.0 Å². The molecular weight excluding hydrogens is 485 g/mol. The van der Waals surface area contributed by atoms with Crippen molar-refractivity contribution in [2.45, 2.75) is 11.1 Å². The number of benzene rings is 2. The molecule has 0 spiro atoms. The van der Waals surface area contributed by atoms with Crippen LogP contribution in [0.5, 0.6) is 5.75 Å². The lowest BCUT2D eigenvalue weighted by atomic mass is 10.2. The molecule has 1 N–H and O–H groups in total. The van der Waals surface area contributed by atoms with E-state index >= 15 is 0 Å². The van der Waals surface area contributed by atoms with Crippen LogP contribution in [-0.2, 0) is 16.0 Å². The molecule has 32 heavy (non-hydrogen) atoms. The number of sulfone groups is 1. The summed E-state index contributed by atoms with van der Waals surface area (Å²) in [5, 5.41) is 13.6. The van der Waals surface area contributed by atoms with E-state index in [2.05, 4.69) is 5.10 Å². The molecule has 0 aliphatic heterocycles. The van der Waals surface area contributed by atoms with Crippen molar-refractivity contribution in [2.24, 2.45) is 0 Å². The molecule has 0 atom stereocenters. The first-order valence-electron chi connectivity index (χ1n) is 9.00. The van der Waals surface area contributed by atoms with Crippen LogP contribution in [0.3, 0.4) is 0 Å². The highest BCUT2D eigenvalue weighted by atomic mass is 35.5. The van der Waals surface area contributed by atoms with Gasteiger partial charge < -0.3 is 5.11 Å². The molecule has 4 aromatic rings. The third-order valence-corrected chi connectivity index (χ3v) is 7.15. The van der Waals surface area contributed by atoms with Gasteiger partial charge in [0.25, 0.3) is 0 Å². The average Bonchev–Trinajstić information content (AvgIpc) is 3.36. The molecule has 0 aliphatic carbocycles. The molecule has 0 bridgehead atoms. The minimum absolute atomic E-state index is 0.0891. The molecule has 0 amide bonds. The highest BCUT2D eigenvalue weighted by Gasteiger charge is 2.35. The fraction of sp³-hybridized carbons (Fsp3) is 0.0952. The molecule has 11 heteroatoms. The Balaban J connectivity index is 1.86. The zero-order valence-electron chi connectivity index (χ0n) is 16.3. The normalized spacial score (nSPS) is 12.3. The van der Waals surface area contributed by atoms with Crippen molar-refractivity contribution in [1.82, 2.24) is 9.78 Å².